The number of hydrogen-bond acceptors (Lipinski definition) is 5. The van der Waals surface area contributed by atoms with Gasteiger partial charge in [-0.2, -0.15) is 22.5 Å². The lowest BCUT2D eigenvalue weighted by Crippen LogP contribution is -2.19. The van der Waals surface area contributed by atoms with Crippen LogP contribution >= 0.6 is 47.1 Å². The summed E-state index contributed by atoms with van der Waals surface area (Å²) >= 11 is 13.1. The normalized spacial score (nSPS) is 11.2. The van der Waals surface area contributed by atoms with Crippen molar-refractivity contribution in [2.75, 3.05) is 16.4 Å². The van der Waals surface area contributed by atoms with Gasteiger partial charge in [0.05, 0.1) is 10.6 Å². The van der Waals surface area contributed by atoms with Gasteiger partial charge in [0.1, 0.15) is 0 Å². The van der Waals surface area contributed by atoms with E-state index >= 15 is 0 Å². The van der Waals surface area contributed by atoms with Gasteiger partial charge in [0.2, 0.25) is 10.3 Å². The van der Waals surface area contributed by atoms with E-state index in [1.807, 2.05) is 0 Å². The van der Waals surface area contributed by atoms with Crippen LogP contribution in [0.4, 0.5) is 24.0 Å². The maximum atomic E-state index is 12.8. The van der Waals surface area contributed by atoms with Gasteiger partial charge in [0.25, 0.3) is 0 Å². The number of anilines is 2. The summed E-state index contributed by atoms with van der Waals surface area (Å²) in [5, 5.41) is 6.16. The molecule has 0 atom stereocenters. The van der Waals surface area contributed by atoms with Crippen LogP contribution in [0, 0.1) is 0 Å². The Morgan fingerprint density at radius 1 is 1.42 bits per heavy atom. The van der Waals surface area contributed by atoms with Crippen LogP contribution in [0.25, 0.3) is 0 Å². The molecule has 4 nitrogen and oxygen atoms in total. The highest BCUT2D eigenvalue weighted by atomic mass is 35.5. The molecule has 2 rings (SSSR count). The van der Waals surface area contributed by atoms with Gasteiger partial charge in [-0.15, -0.1) is 6.58 Å². The van der Waals surface area contributed by atoms with E-state index in [1.165, 1.54) is 17.8 Å². The molecule has 0 aliphatic carbocycles. The van der Waals surface area contributed by atoms with Gasteiger partial charge in [0.15, 0.2) is 5.11 Å². The Balaban J connectivity index is 2.02. The number of nitrogens with one attached hydrogen (secondary N) is 2. The number of halogens is 4. The van der Waals surface area contributed by atoms with Crippen molar-refractivity contribution >= 4 is 63.0 Å². The van der Waals surface area contributed by atoms with Gasteiger partial charge in [-0.05, 0) is 30.4 Å². The molecule has 1 aromatic heterocycles. The lowest BCUT2D eigenvalue weighted by atomic mass is 10.2. The highest BCUT2D eigenvalue weighted by Gasteiger charge is 2.33. The van der Waals surface area contributed by atoms with Crippen LogP contribution in [0.1, 0.15) is 5.56 Å². The van der Waals surface area contributed by atoms with Crippen LogP contribution in [-0.2, 0) is 6.18 Å². The molecule has 128 valence electrons. The van der Waals surface area contributed by atoms with E-state index in [0.29, 0.717) is 16.0 Å². The molecule has 0 aliphatic rings. The van der Waals surface area contributed by atoms with E-state index in [4.69, 9.17) is 23.8 Å². The fraction of sp³-hybridized carbons (Fsp3) is 0.154. The summed E-state index contributed by atoms with van der Waals surface area (Å²) in [7, 11) is 0. The molecule has 0 radical (unpaired) electrons. The summed E-state index contributed by atoms with van der Waals surface area (Å²) < 4.78 is 42.6. The summed E-state index contributed by atoms with van der Waals surface area (Å²) in [6.07, 6.45) is -2.82. The van der Waals surface area contributed by atoms with Crippen molar-refractivity contribution in [2.24, 2.45) is 0 Å². The highest BCUT2D eigenvalue weighted by Crippen LogP contribution is 2.36. The minimum absolute atomic E-state index is 0.0990. The number of thiocarbonyl (C=S) groups is 1. The first-order chi connectivity index (χ1) is 11.3. The molecule has 1 heterocycles. The summed E-state index contributed by atoms with van der Waals surface area (Å²) in [6, 6.07) is 3.45. The topological polar surface area (TPSA) is 49.8 Å². The molecule has 0 spiro atoms. The third-order valence-electron chi connectivity index (χ3n) is 2.49. The van der Waals surface area contributed by atoms with Crippen LogP contribution < -0.4 is 10.6 Å². The summed E-state index contributed by atoms with van der Waals surface area (Å²) in [5.74, 6) is 0.670. The van der Waals surface area contributed by atoms with Gasteiger partial charge in [-0.3, -0.25) is 0 Å². The molecule has 2 aromatic rings. The Kier molecular flexibility index (Phi) is 6.44. The number of hydrogen-bond donors (Lipinski definition) is 2. The Morgan fingerprint density at radius 2 is 2.17 bits per heavy atom. The first-order valence-electron chi connectivity index (χ1n) is 6.31. The van der Waals surface area contributed by atoms with Crippen LogP contribution in [0.2, 0.25) is 5.02 Å². The van der Waals surface area contributed by atoms with Crippen molar-refractivity contribution in [3.63, 3.8) is 0 Å². The summed E-state index contributed by atoms with van der Waals surface area (Å²) in [5.41, 5.74) is -0.772. The standard InChI is InChI=1S/C13H10ClF3N4S3/c1-2-5-23-12-20-11(24-21-12)19-10(22)18-7-3-4-9(14)8(6-7)13(15,16)17/h2-4,6H,1,5H2,(H2,18,19,20,21,22). The molecular formula is C13H10ClF3N4S3. The zero-order valence-corrected chi connectivity index (χ0v) is 15.1. The van der Waals surface area contributed by atoms with Crippen molar-refractivity contribution in [1.29, 1.82) is 0 Å². The van der Waals surface area contributed by atoms with Gasteiger partial charge < -0.3 is 10.6 Å². The Bertz CT molecular complexity index is 748. The fourth-order valence-corrected chi connectivity index (χ4v) is 3.32. The second-order valence-electron chi connectivity index (χ2n) is 4.25. The smallest absolute Gasteiger partial charge is 0.332 e. The number of alkyl halides is 3. The molecular weight excluding hydrogens is 401 g/mol. The molecule has 0 aliphatic heterocycles. The molecule has 0 saturated heterocycles. The summed E-state index contributed by atoms with van der Waals surface area (Å²) in [6.45, 7) is 3.60. The maximum Gasteiger partial charge on any atom is 0.417 e. The Morgan fingerprint density at radius 3 is 2.83 bits per heavy atom. The number of benzene rings is 1. The molecule has 0 amide bonds. The van der Waals surface area contributed by atoms with Crippen LogP contribution in [0.15, 0.2) is 36.0 Å². The zero-order valence-electron chi connectivity index (χ0n) is 11.9. The molecule has 0 unspecified atom stereocenters. The van der Waals surface area contributed by atoms with E-state index in [2.05, 4.69) is 26.6 Å². The average Bonchev–Trinajstić information content (AvgIpc) is 2.93. The van der Waals surface area contributed by atoms with Gasteiger partial charge in [0, 0.05) is 23.0 Å². The third-order valence-corrected chi connectivity index (χ3v) is 4.61. The predicted molar refractivity (Wildman–Crippen MR) is 97.1 cm³/mol. The lowest BCUT2D eigenvalue weighted by molar-refractivity contribution is -0.137. The van der Waals surface area contributed by atoms with Gasteiger partial charge in [-0.1, -0.05) is 29.4 Å². The zero-order chi connectivity index (χ0) is 17.7. The predicted octanol–water partition coefficient (Wildman–Crippen LogP) is 5.30. The SMILES string of the molecule is C=CCSc1nsc(NC(=S)Nc2ccc(Cl)c(C(F)(F)F)c2)n1. The van der Waals surface area contributed by atoms with Crippen molar-refractivity contribution < 1.29 is 13.2 Å². The van der Waals surface area contributed by atoms with Crippen molar-refractivity contribution in [2.45, 2.75) is 11.3 Å². The second kappa shape index (κ2) is 8.15. The largest absolute Gasteiger partial charge is 0.417 e. The minimum Gasteiger partial charge on any atom is -0.332 e. The quantitative estimate of drug-likeness (QED) is 0.396. The average molecular weight is 411 g/mol. The molecule has 0 saturated carbocycles. The Labute approximate surface area is 154 Å². The number of aromatic nitrogens is 2. The van der Waals surface area contributed by atoms with Crippen LogP contribution in [0.3, 0.4) is 0 Å². The molecule has 11 heteroatoms. The molecule has 0 bridgehead atoms. The number of thioether (sulfide) groups is 1. The third kappa shape index (κ3) is 5.33. The fourth-order valence-electron chi connectivity index (χ4n) is 1.53. The number of rotatable bonds is 5. The van der Waals surface area contributed by atoms with Crippen molar-refractivity contribution in [1.82, 2.24) is 9.36 Å². The van der Waals surface area contributed by atoms with E-state index in [0.717, 1.165) is 23.7 Å². The maximum absolute atomic E-state index is 12.8. The van der Waals surface area contributed by atoms with Crippen molar-refractivity contribution in [3.8, 4) is 0 Å². The van der Waals surface area contributed by atoms with E-state index in [1.54, 1.807) is 6.08 Å². The molecule has 1 aromatic carbocycles. The molecule has 2 N–H and O–H groups in total. The number of nitrogens with zero attached hydrogens (tertiary/aromatic N) is 2. The Hall–Kier alpha value is -1.36. The van der Waals surface area contributed by atoms with Crippen LogP contribution in [-0.4, -0.2) is 20.2 Å². The second-order valence-corrected chi connectivity index (χ2v) is 6.81. The first-order valence-corrected chi connectivity index (χ1v) is 8.86. The summed E-state index contributed by atoms with van der Waals surface area (Å²) in [4.78, 5) is 4.18. The first kappa shape index (κ1) is 19.0. The van der Waals surface area contributed by atoms with Crippen LogP contribution in [0.5, 0.6) is 0 Å². The molecule has 0 fully saturated rings. The molecule has 24 heavy (non-hydrogen) atoms. The van der Waals surface area contributed by atoms with Gasteiger partial charge in [-0.25, -0.2) is 0 Å². The highest BCUT2D eigenvalue weighted by molar-refractivity contribution is 7.99. The minimum atomic E-state index is -4.54. The van der Waals surface area contributed by atoms with E-state index in [9.17, 15) is 13.2 Å². The van der Waals surface area contributed by atoms with E-state index < -0.39 is 11.7 Å². The van der Waals surface area contributed by atoms with E-state index in [-0.39, 0.29) is 15.8 Å². The van der Waals surface area contributed by atoms with Crippen molar-refractivity contribution in [3.05, 3.63) is 41.4 Å². The lowest BCUT2D eigenvalue weighted by Gasteiger charge is -2.12. The van der Waals surface area contributed by atoms with Gasteiger partial charge >= 0.3 is 6.18 Å². The monoisotopic (exact) mass is 410 g/mol.